The summed E-state index contributed by atoms with van der Waals surface area (Å²) >= 11 is 0. The fourth-order valence-electron chi connectivity index (χ4n) is 1.75. The molecule has 0 aromatic heterocycles. The van der Waals surface area contributed by atoms with Gasteiger partial charge in [-0.1, -0.05) is 36.4 Å². The predicted octanol–water partition coefficient (Wildman–Crippen LogP) is 2.24. The molecule has 0 heterocycles. The molecule has 4 heteroatoms. The lowest BCUT2D eigenvalue weighted by Crippen LogP contribution is -2.42. The van der Waals surface area contributed by atoms with Gasteiger partial charge in [0.2, 0.25) is 0 Å². The molecule has 0 saturated heterocycles. The molecule has 0 amide bonds. The minimum absolute atomic E-state index is 0.148. The van der Waals surface area contributed by atoms with E-state index in [-0.39, 0.29) is 6.61 Å². The summed E-state index contributed by atoms with van der Waals surface area (Å²) in [4.78, 5) is 16.4. The van der Waals surface area contributed by atoms with Gasteiger partial charge in [-0.3, -0.25) is 4.99 Å². The molecule has 0 aliphatic rings. The molecule has 19 heavy (non-hydrogen) atoms. The van der Waals surface area contributed by atoms with E-state index in [2.05, 4.69) is 11.6 Å². The summed E-state index contributed by atoms with van der Waals surface area (Å²) in [6.45, 7) is 3.81. The van der Waals surface area contributed by atoms with Gasteiger partial charge in [-0.2, -0.15) is 0 Å². The summed E-state index contributed by atoms with van der Waals surface area (Å²) in [5, 5.41) is 0. The van der Waals surface area contributed by atoms with E-state index in [9.17, 15) is 4.79 Å². The van der Waals surface area contributed by atoms with Gasteiger partial charge in [-0.05, 0) is 5.56 Å². The van der Waals surface area contributed by atoms with E-state index >= 15 is 0 Å². The van der Waals surface area contributed by atoms with Gasteiger partial charge in [-0.25, -0.2) is 4.79 Å². The molecule has 1 unspecified atom stereocenters. The van der Waals surface area contributed by atoms with Crippen molar-refractivity contribution < 1.29 is 14.3 Å². The number of hydrogen-bond acceptors (Lipinski definition) is 4. The lowest BCUT2D eigenvalue weighted by molar-refractivity contribution is -0.148. The molecule has 0 saturated carbocycles. The number of nitrogens with zero attached hydrogens (tertiary/aromatic N) is 1. The summed E-state index contributed by atoms with van der Waals surface area (Å²) in [5.74, 6) is -0.429. The minimum Gasteiger partial charge on any atom is -0.467 e. The first-order valence-electron chi connectivity index (χ1n) is 5.97. The first kappa shape index (κ1) is 15.1. The number of carbonyl (C=O) groups excluding carboxylic acids is 1. The Bertz CT molecular complexity index is 442. The molecule has 4 nitrogen and oxygen atoms in total. The van der Waals surface area contributed by atoms with Crippen LogP contribution in [-0.4, -0.2) is 38.5 Å². The van der Waals surface area contributed by atoms with Gasteiger partial charge in [0.1, 0.15) is 0 Å². The molecule has 1 atom stereocenters. The Hall–Kier alpha value is -1.94. The number of aliphatic imine (C=N–C) groups is 1. The van der Waals surface area contributed by atoms with Crippen molar-refractivity contribution in [2.75, 3.05) is 20.8 Å². The van der Waals surface area contributed by atoms with Crippen molar-refractivity contribution >= 4 is 12.2 Å². The van der Waals surface area contributed by atoms with E-state index in [1.807, 2.05) is 30.3 Å². The minimum atomic E-state index is -1.07. The van der Waals surface area contributed by atoms with Crippen LogP contribution in [0.5, 0.6) is 0 Å². The van der Waals surface area contributed by atoms with Crippen LogP contribution in [0.3, 0.4) is 0 Å². The molecule has 0 aliphatic carbocycles. The maximum Gasteiger partial charge on any atom is 0.336 e. The molecule has 1 rings (SSSR count). The van der Waals surface area contributed by atoms with Crippen molar-refractivity contribution in [1.29, 1.82) is 0 Å². The van der Waals surface area contributed by atoms with Crippen molar-refractivity contribution in [3.63, 3.8) is 0 Å². The summed E-state index contributed by atoms with van der Waals surface area (Å²) in [6, 6.07) is 9.55. The SMILES string of the molecule is C=CCC(COC)(/N=C/c1ccccc1)C(=O)OC. The van der Waals surface area contributed by atoms with E-state index in [4.69, 9.17) is 9.47 Å². The monoisotopic (exact) mass is 261 g/mol. The van der Waals surface area contributed by atoms with Crippen molar-refractivity contribution in [2.24, 2.45) is 4.99 Å². The van der Waals surface area contributed by atoms with Gasteiger partial charge >= 0.3 is 5.97 Å². The average Bonchev–Trinajstić information content (AvgIpc) is 2.45. The number of carbonyl (C=O) groups is 1. The maximum atomic E-state index is 12.0. The van der Waals surface area contributed by atoms with Crippen molar-refractivity contribution in [2.45, 2.75) is 12.0 Å². The molecule has 1 aromatic rings. The van der Waals surface area contributed by atoms with Gasteiger partial charge in [0.25, 0.3) is 0 Å². The van der Waals surface area contributed by atoms with E-state index in [0.29, 0.717) is 6.42 Å². The molecular weight excluding hydrogens is 242 g/mol. The maximum absolute atomic E-state index is 12.0. The third-order valence-corrected chi connectivity index (χ3v) is 2.69. The lowest BCUT2D eigenvalue weighted by atomic mass is 9.97. The van der Waals surface area contributed by atoms with Crippen LogP contribution in [0.25, 0.3) is 0 Å². The molecular formula is C15H19NO3. The van der Waals surface area contributed by atoms with E-state index in [1.165, 1.54) is 14.2 Å². The highest BCUT2D eigenvalue weighted by Crippen LogP contribution is 2.20. The first-order valence-corrected chi connectivity index (χ1v) is 5.97. The first-order chi connectivity index (χ1) is 9.18. The largest absolute Gasteiger partial charge is 0.467 e. The highest BCUT2D eigenvalue weighted by atomic mass is 16.5. The van der Waals surface area contributed by atoms with Gasteiger partial charge in [0.15, 0.2) is 5.54 Å². The van der Waals surface area contributed by atoms with E-state index < -0.39 is 11.5 Å². The van der Waals surface area contributed by atoms with Crippen molar-refractivity contribution in [3.05, 3.63) is 48.6 Å². The lowest BCUT2D eigenvalue weighted by Gasteiger charge is -2.24. The number of benzene rings is 1. The third kappa shape index (κ3) is 4.03. The second-order valence-corrected chi connectivity index (χ2v) is 4.12. The number of hydrogen-bond donors (Lipinski definition) is 0. The Morgan fingerprint density at radius 3 is 2.58 bits per heavy atom. The van der Waals surface area contributed by atoms with Crippen molar-refractivity contribution in [1.82, 2.24) is 0 Å². The molecule has 1 aromatic carbocycles. The number of methoxy groups -OCH3 is 2. The second kappa shape index (κ2) is 7.48. The van der Waals surface area contributed by atoms with Crippen LogP contribution < -0.4 is 0 Å². The van der Waals surface area contributed by atoms with Crippen LogP contribution in [0.1, 0.15) is 12.0 Å². The fraction of sp³-hybridized carbons (Fsp3) is 0.333. The Kier molecular flexibility index (Phi) is 5.96. The number of rotatable bonds is 7. The molecule has 0 bridgehead atoms. The number of esters is 1. The van der Waals surface area contributed by atoms with Crippen LogP contribution in [0, 0.1) is 0 Å². The van der Waals surface area contributed by atoms with Gasteiger partial charge in [0.05, 0.1) is 13.7 Å². The summed E-state index contributed by atoms with van der Waals surface area (Å²) in [7, 11) is 2.87. The molecule has 0 radical (unpaired) electrons. The zero-order valence-electron chi connectivity index (χ0n) is 11.3. The van der Waals surface area contributed by atoms with Gasteiger partial charge < -0.3 is 9.47 Å². The van der Waals surface area contributed by atoms with Crippen LogP contribution in [0.2, 0.25) is 0 Å². The van der Waals surface area contributed by atoms with Gasteiger partial charge in [0, 0.05) is 19.7 Å². The normalized spacial score (nSPS) is 14.0. The van der Waals surface area contributed by atoms with Crippen LogP contribution in [0.4, 0.5) is 0 Å². The van der Waals surface area contributed by atoms with E-state index in [1.54, 1.807) is 12.3 Å². The summed E-state index contributed by atoms with van der Waals surface area (Å²) < 4.78 is 9.94. The Morgan fingerprint density at radius 1 is 1.37 bits per heavy atom. The molecule has 0 aliphatic heterocycles. The highest BCUT2D eigenvalue weighted by molar-refractivity contribution is 5.87. The quantitative estimate of drug-likeness (QED) is 0.429. The third-order valence-electron chi connectivity index (χ3n) is 2.69. The zero-order chi connectivity index (χ0) is 14.1. The average molecular weight is 261 g/mol. The molecule has 0 N–H and O–H groups in total. The topological polar surface area (TPSA) is 47.9 Å². The van der Waals surface area contributed by atoms with Gasteiger partial charge in [-0.15, -0.1) is 6.58 Å². The predicted molar refractivity (Wildman–Crippen MR) is 75.5 cm³/mol. The smallest absolute Gasteiger partial charge is 0.336 e. The second-order valence-electron chi connectivity index (χ2n) is 4.12. The summed E-state index contributed by atoms with van der Waals surface area (Å²) in [6.07, 6.45) is 3.65. The molecule has 0 spiro atoms. The fourth-order valence-corrected chi connectivity index (χ4v) is 1.75. The summed E-state index contributed by atoms with van der Waals surface area (Å²) in [5.41, 5.74) is -0.155. The Labute approximate surface area is 113 Å². The Balaban J connectivity index is 3.04. The van der Waals surface area contributed by atoms with Crippen LogP contribution in [0.15, 0.2) is 48.0 Å². The van der Waals surface area contributed by atoms with E-state index in [0.717, 1.165) is 5.56 Å². The zero-order valence-corrected chi connectivity index (χ0v) is 11.3. The Morgan fingerprint density at radius 2 is 2.05 bits per heavy atom. The molecule has 102 valence electrons. The number of ether oxygens (including phenoxy) is 2. The highest BCUT2D eigenvalue weighted by Gasteiger charge is 2.37. The molecule has 0 fully saturated rings. The standard InChI is InChI=1S/C15H19NO3/c1-4-10-15(12-18-2,14(17)19-3)16-11-13-8-6-5-7-9-13/h4-9,11H,1,10,12H2,2-3H3/b16-11+. The van der Waals surface area contributed by atoms with Crippen LogP contribution >= 0.6 is 0 Å². The van der Waals surface area contributed by atoms with Crippen LogP contribution in [-0.2, 0) is 14.3 Å². The van der Waals surface area contributed by atoms with Crippen molar-refractivity contribution in [3.8, 4) is 0 Å².